The van der Waals surface area contributed by atoms with E-state index in [0.717, 1.165) is 33.3 Å². The van der Waals surface area contributed by atoms with E-state index in [4.69, 9.17) is 4.74 Å². The van der Waals surface area contributed by atoms with Gasteiger partial charge >= 0.3 is 6.09 Å². The fourth-order valence-corrected chi connectivity index (χ4v) is 5.55. The van der Waals surface area contributed by atoms with Gasteiger partial charge in [-0.1, -0.05) is 6.92 Å². The Bertz CT molecular complexity index is 1210. The van der Waals surface area contributed by atoms with Crippen LogP contribution in [0.2, 0.25) is 0 Å². The second-order valence-electron chi connectivity index (χ2n) is 9.56. The predicted molar refractivity (Wildman–Crippen MR) is 139 cm³/mol. The Morgan fingerprint density at radius 1 is 1.24 bits per heavy atom. The molecule has 3 aromatic rings. The standard InChI is InChI=1S/C24H28BrN5O3S/c1-14-9-15(27-23(32)33-24(2,3)4)12-30(11-14)19-7-8-26-10-18(19)29-22(31)17-5-6-20-21(28-17)16(25)13-34-20/h5-8,10,13-15H,9,11-12H2,1-4H3,(H,27,32)(H,29,31)/t14-,15+/m1/s1. The first-order valence-electron chi connectivity index (χ1n) is 11.1. The molecule has 0 aromatic carbocycles. The zero-order chi connectivity index (χ0) is 24.5. The highest BCUT2D eigenvalue weighted by Gasteiger charge is 2.29. The second kappa shape index (κ2) is 9.87. The number of amides is 2. The minimum absolute atomic E-state index is 0.0738. The Morgan fingerprint density at radius 2 is 2.03 bits per heavy atom. The molecule has 1 aliphatic rings. The number of anilines is 2. The first kappa shape index (κ1) is 24.4. The third-order valence-electron chi connectivity index (χ3n) is 5.37. The third kappa shape index (κ3) is 5.85. The number of thiophene rings is 1. The highest BCUT2D eigenvalue weighted by Crippen LogP contribution is 2.31. The van der Waals surface area contributed by atoms with Crippen molar-refractivity contribution in [3.63, 3.8) is 0 Å². The van der Waals surface area contributed by atoms with Crippen LogP contribution in [0.4, 0.5) is 16.2 Å². The molecular weight excluding hydrogens is 518 g/mol. The van der Waals surface area contributed by atoms with Gasteiger partial charge in [-0.15, -0.1) is 11.3 Å². The Morgan fingerprint density at radius 3 is 2.79 bits per heavy atom. The second-order valence-corrected chi connectivity index (χ2v) is 11.3. The predicted octanol–water partition coefficient (Wildman–Crippen LogP) is 5.45. The molecule has 1 aliphatic heterocycles. The van der Waals surface area contributed by atoms with Crippen molar-refractivity contribution in [3.8, 4) is 0 Å². The van der Waals surface area contributed by atoms with Gasteiger partial charge < -0.3 is 20.3 Å². The van der Waals surface area contributed by atoms with Crippen molar-refractivity contribution in [1.82, 2.24) is 15.3 Å². The molecule has 0 spiro atoms. The molecule has 2 N–H and O–H groups in total. The summed E-state index contributed by atoms with van der Waals surface area (Å²) in [7, 11) is 0. The zero-order valence-corrected chi connectivity index (χ0v) is 22.0. The average Bonchev–Trinajstić information content (AvgIpc) is 3.12. The number of halogens is 1. The average molecular weight is 546 g/mol. The molecule has 0 saturated carbocycles. The summed E-state index contributed by atoms with van der Waals surface area (Å²) in [5, 5.41) is 7.92. The molecule has 4 rings (SSSR count). The number of piperidine rings is 1. The summed E-state index contributed by atoms with van der Waals surface area (Å²) in [5.41, 5.74) is 2.00. The number of fused-ring (bicyclic) bond motifs is 1. The van der Waals surface area contributed by atoms with Crippen LogP contribution in [0.5, 0.6) is 0 Å². The summed E-state index contributed by atoms with van der Waals surface area (Å²) < 4.78 is 7.31. The summed E-state index contributed by atoms with van der Waals surface area (Å²) in [6, 6.07) is 5.43. The molecule has 10 heteroatoms. The van der Waals surface area contributed by atoms with E-state index in [9.17, 15) is 9.59 Å². The van der Waals surface area contributed by atoms with Crippen molar-refractivity contribution in [1.29, 1.82) is 0 Å². The molecule has 1 saturated heterocycles. The summed E-state index contributed by atoms with van der Waals surface area (Å²) in [6.45, 7) is 9.08. The van der Waals surface area contributed by atoms with Gasteiger partial charge in [0.25, 0.3) is 5.91 Å². The monoisotopic (exact) mass is 545 g/mol. The highest BCUT2D eigenvalue weighted by atomic mass is 79.9. The molecule has 2 amide bonds. The van der Waals surface area contributed by atoms with Crippen LogP contribution in [0.15, 0.2) is 40.4 Å². The summed E-state index contributed by atoms with van der Waals surface area (Å²) in [4.78, 5) is 36.2. The van der Waals surface area contributed by atoms with Gasteiger partial charge in [0.1, 0.15) is 11.3 Å². The lowest BCUT2D eigenvalue weighted by Crippen LogP contribution is -2.51. The van der Waals surface area contributed by atoms with Gasteiger partial charge in [-0.2, -0.15) is 0 Å². The van der Waals surface area contributed by atoms with Crippen molar-refractivity contribution in [3.05, 3.63) is 46.1 Å². The number of rotatable bonds is 4. The van der Waals surface area contributed by atoms with E-state index in [2.05, 4.69) is 48.4 Å². The molecule has 0 bridgehead atoms. The van der Waals surface area contributed by atoms with Crippen LogP contribution < -0.4 is 15.5 Å². The van der Waals surface area contributed by atoms with Gasteiger partial charge in [-0.05, 0) is 67.2 Å². The molecule has 0 aliphatic carbocycles. The van der Waals surface area contributed by atoms with Crippen LogP contribution in [-0.4, -0.2) is 46.7 Å². The number of hydrogen-bond donors (Lipinski definition) is 2. The Balaban J connectivity index is 1.51. The Kier molecular flexibility index (Phi) is 7.09. The van der Waals surface area contributed by atoms with Crippen molar-refractivity contribution in [2.45, 2.75) is 45.8 Å². The van der Waals surface area contributed by atoms with Crippen molar-refractivity contribution in [2.24, 2.45) is 5.92 Å². The molecule has 3 aromatic heterocycles. The SMILES string of the molecule is C[C@@H]1C[C@H](NC(=O)OC(C)(C)C)CN(c2ccncc2NC(=O)c2ccc3scc(Br)c3n2)C1. The fraction of sp³-hybridized carbons (Fsp3) is 0.417. The molecule has 8 nitrogen and oxygen atoms in total. The van der Waals surface area contributed by atoms with Crippen molar-refractivity contribution < 1.29 is 14.3 Å². The molecular formula is C24H28BrN5O3S. The summed E-state index contributed by atoms with van der Waals surface area (Å²) in [5.74, 6) is 0.0353. The van der Waals surface area contributed by atoms with E-state index in [-0.39, 0.29) is 11.9 Å². The third-order valence-corrected chi connectivity index (χ3v) is 7.22. The smallest absolute Gasteiger partial charge is 0.407 e. The molecule has 1 fully saturated rings. The van der Waals surface area contributed by atoms with Gasteiger partial charge in [0, 0.05) is 30.7 Å². The number of alkyl carbamates (subject to hydrolysis) is 1. The van der Waals surface area contributed by atoms with E-state index in [1.165, 1.54) is 0 Å². The van der Waals surface area contributed by atoms with Crippen LogP contribution in [0.25, 0.3) is 10.2 Å². The van der Waals surface area contributed by atoms with Crippen molar-refractivity contribution >= 4 is 60.9 Å². The lowest BCUT2D eigenvalue weighted by Gasteiger charge is -2.39. The maximum absolute atomic E-state index is 13.0. The van der Waals surface area contributed by atoms with E-state index >= 15 is 0 Å². The maximum Gasteiger partial charge on any atom is 0.407 e. The molecule has 0 radical (unpaired) electrons. The van der Waals surface area contributed by atoms with E-state index in [1.54, 1.807) is 29.8 Å². The van der Waals surface area contributed by atoms with Gasteiger partial charge in [-0.3, -0.25) is 9.78 Å². The largest absolute Gasteiger partial charge is 0.444 e. The van der Waals surface area contributed by atoms with Gasteiger partial charge in [0.15, 0.2) is 0 Å². The van der Waals surface area contributed by atoms with Crippen LogP contribution in [0.1, 0.15) is 44.6 Å². The van der Waals surface area contributed by atoms with Gasteiger partial charge in [0.2, 0.25) is 0 Å². The number of aromatic nitrogens is 2. The number of hydrogen-bond acceptors (Lipinski definition) is 7. The number of nitrogens with one attached hydrogen (secondary N) is 2. The Hall–Kier alpha value is -2.72. The molecule has 34 heavy (non-hydrogen) atoms. The van der Waals surface area contributed by atoms with Gasteiger partial charge in [0.05, 0.1) is 32.3 Å². The fourth-order valence-electron chi connectivity index (χ4n) is 4.08. The molecule has 2 atom stereocenters. The first-order chi connectivity index (χ1) is 16.1. The van der Waals surface area contributed by atoms with Crippen LogP contribution >= 0.6 is 27.3 Å². The van der Waals surface area contributed by atoms with E-state index in [0.29, 0.717) is 23.8 Å². The Labute approximate surface area is 211 Å². The normalized spacial score (nSPS) is 18.6. The number of pyridine rings is 2. The number of nitrogens with zero attached hydrogens (tertiary/aromatic N) is 3. The van der Waals surface area contributed by atoms with Gasteiger partial charge in [-0.25, -0.2) is 9.78 Å². The minimum atomic E-state index is -0.553. The summed E-state index contributed by atoms with van der Waals surface area (Å²) in [6.07, 6.45) is 3.77. The maximum atomic E-state index is 13.0. The number of carbonyl (C=O) groups excluding carboxylic acids is 2. The number of carbonyl (C=O) groups is 2. The number of ether oxygens (including phenoxy) is 1. The lowest BCUT2D eigenvalue weighted by atomic mass is 9.95. The zero-order valence-electron chi connectivity index (χ0n) is 19.6. The molecule has 0 unspecified atom stereocenters. The van der Waals surface area contributed by atoms with E-state index < -0.39 is 11.7 Å². The molecule has 4 heterocycles. The minimum Gasteiger partial charge on any atom is -0.444 e. The quantitative estimate of drug-likeness (QED) is 0.452. The summed E-state index contributed by atoms with van der Waals surface area (Å²) >= 11 is 5.06. The van der Waals surface area contributed by atoms with Crippen LogP contribution in [0.3, 0.4) is 0 Å². The van der Waals surface area contributed by atoms with E-state index in [1.807, 2.05) is 38.3 Å². The molecule has 180 valence electrons. The van der Waals surface area contributed by atoms with Crippen molar-refractivity contribution in [2.75, 3.05) is 23.3 Å². The highest BCUT2D eigenvalue weighted by molar-refractivity contribution is 9.10. The van der Waals surface area contributed by atoms with Crippen LogP contribution in [-0.2, 0) is 4.74 Å². The lowest BCUT2D eigenvalue weighted by molar-refractivity contribution is 0.0495. The van der Waals surface area contributed by atoms with Crippen LogP contribution in [0, 0.1) is 5.92 Å². The first-order valence-corrected chi connectivity index (χ1v) is 12.8. The topological polar surface area (TPSA) is 96.5 Å².